The molecule has 0 spiro atoms. The molecule has 3 rings (SSSR count). The molecule has 2 fully saturated rings. The highest BCUT2D eigenvalue weighted by molar-refractivity contribution is 5.95. The lowest BCUT2D eigenvalue weighted by atomic mass is 9.96. The number of benzene rings is 1. The minimum absolute atomic E-state index is 0.0827. The van der Waals surface area contributed by atoms with E-state index in [0.717, 1.165) is 25.7 Å². The van der Waals surface area contributed by atoms with Crippen LogP contribution in [0.1, 0.15) is 44.9 Å². The smallest absolute Gasteiger partial charge is 0.321 e. The summed E-state index contributed by atoms with van der Waals surface area (Å²) < 4.78 is 5.09. The Morgan fingerprint density at radius 2 is 1.71 bits per heavy atom. The molecule has 1 saturated carbocycles. The molecule has 1 aliphatic carbocycles. The third-order valence-corrected chi connectivity index (χ3v) is 5.61. The molecule has 1 saturated heterocycles. The summed E-state index contributed by atoms with van der Waals surface area (Å²) in [4.78, 5) is 50.2. The van der Waals surface area contributed by atoms with Crippen LogP contribution in [-0.4, -0.2) is 54.6 Å². The van der Waals surface area contributed by atoms with Gasteiger partial charge in [-0.1, -0.05) is 37.5 Å². The summed E-state index contributed by atoms with van der Waals surface area (Å²) >= 11 is 0. The zero-order valence-corrected chi connectivity index (χ0v) is 17.6. The molecule has 5 amide bonds. The van der Waals surface area contributed by atoms with Gasteiger partial charge < -0.3 is 20.3 Å². The van der Waals surface area contributed by atoms with Crippen molar-refractivity contribution in [3.63, 3.8) is 0 Å². The molecule has 1 unspecified atom stereocenters. The Morgan fingerprint density at radius 1 is 0.968 bits per heavy atom. The number of ether oxygens (including phenoxy) is 1. The van der Waals surface area contributed by atoms with Gasteiger partial charge in [0.2, 0.25) is 0 Å². The van der Waals surface area contributed by atoms with E-state index in [1.807, 2.05) is 18.2 Å². The minimum atomic E-state index is -0.670. The molecule has 3 N–H and O–H groups in total. The summed E-state index contributed by atoms with van der Waals surface area (Å²) in [6, 6.07) is 8.33. The molecule has 9 heteroatoms. The molecule has 1 atom stereocenters. The fourth-order valence-corrected chi connectivity index (χ4v) is 3.96. The number of urea groups is 2. The van der Waals surface area contributed by atoms with Crippen LogP contribution in [0.5, 0.6) is 0 Å². The first-order chi connectivity index (χ1) is 15.0. The number of carbonyl (C=O) groups is 4. The highest BCUT2D eigenvalue weighted by Gasteiger charge is 2.30. The first kappa shape index (κ1) is 22.6. The Bertz CT molecular complexity index is 779. The van der Waals surface area contributed by atoms with Crippen molar-refractivity contribution in [1.82, 2.24) is 15.5 Å². The van der Waals surface area contributed by atoms with E-state index < -0.39 is 30.4 Å². The molecule has 1 aromatic carbocycles. The van der Waals surface area contributed by atoms with Gasteiger partial charge in [-0.2, -0.15) is 0 Å². The van der Waals surface area contributed by atoms with Crippen LogP contribution in [0.15, 0.2) is 30.3 Å². The van der Waals surface area contributed by atoms with Gasteiger partial charge in [0.15, 0.2) is 6.61 Å². The van der Waals surface area contributed by atoms with E-state index in [1.165, 1.54) is 6.42 Å². The van der Waals surface area contributed by atoms with Gasteiger partial charge in [0.05, 0.1) is 5.92 Å². The fraction of sp³-hybridized carbons (Fsp3) is 0.545. The van der Waals surface area contributed by atoms with Gasteiger partial charge in [-0.15, -0.1) is 0 Å². The first-order valence-corrected chi connectivity index (χ1v) is 10.9. The van der Waals surface area contributed by atoms with Gasteiger partial charge in [-0.25, -0.2) is 9.59 Å². The van der Waals surface area contributed by atoms with Crippen LogP contribution in [0.2, 0.25) is 0 Å². The van der Waals surface area contributed by atoms with Crippen molar-refractivity contribution in [3.05, 3.63) is 30.3 Å². The van der Waals surface area contributed by atoms with Gasteiger partial charge in [0, 0.05) is 24.8 Å². The van der Waals surface area contributed by atoms with Gasteiger partial charge in [0.1, 0.15) is 0 Å². The Balaban J connectivity index is 1.38. The zero-order chi connectivity index (χ0) is 22.1. The van der Waals surface area contributed by atoms with Crippen molar-refractivity contribution in [3.8, 4) is 0 Å². The van der Waals surface area contributed by atoms with Gasteiger partial charge in [0.25, 0.3) is 5.91 Å². The summed E-state index contributed by atoms with van der Waals surface area (Å²) in [6.07, 6.45) is 6.37. The molecule has 9 nitrogen and oxygen atoms in total. The molecule has 1 aromatic rings. The number of nitrogens with one attached hydrogen (secondary N) is 3. The lowest BCUT2D eigenvalue weighted by molar-refractivity contribution is -0.153. The largest absolute Gasteiger partial charge is 0.455 e. The second-order valence-electron chi connectivity index (χ2n) is 8.05. The highest BCUT2D eigenvalue weighted by atomic mass is 16.5. The average Bonchev–Trinajstić information content (AvgIpc) is 2.79. The van der Waals surface area contributed by atoms with Crippen molar-refractivity contribution in [2.75, 3.05) is 25.0 Å². The van der Waals surface area contributed by atoms with Gasteiger partial charge in [-0.3, -0.25) is 14.9 Å². The Morgan fingerprint density at radius 3 is 2.45 bits per heavy atom. The van der Waals surface area contributed by atoms with E-state index in [2.05, 4.69) is 16.0 Å². The summed E-state index contributed by atoms with van der Waals surface area (Å²) in [5.74, 6) is -1.71. The maximum absolute atomic E-state index is 12.4. The third kappa shape index (κ3) is 7.27. The number of imide groups is 1. The number of hydrogen-bond donors (Lipinski definition) is 3. The second kappa shape index (κ2) is 11.3. The van der Waals surface area contributed by atoms with Gasteiger partial charge in [-0.05, 0) is 37.8 Å². The predicted octanol–water partition coefficient (Wildman–Crippen LogP) is 2.63. The van der Waals surface area contributed by atoms with E-state index in [1.54, 1.807) is 17.0 Å². The van der Waals surface area contributed by atoms with Crippen molar-refractivity contribution in [1.29, 1.82) is 0 Å². The number of para-hydroxylation sites is 1. The first-order valence-electron chi connectivity index (χ1n) is 10.9. The van der Waals surface area contributed by atoms with E-state index in [0.29, 0.717) is 25.1 Å². The standard InChI is InChI=1S/C22H30N4O5/c27-19(25-21(29)23-17-9-3-1-4-10-17)15-31-20(28)16-8-7-13-26(14-16)22(30)24-18-11-5-2-6-12-18/h2,5-6,11-12,16-17H,1,3-4,7-10,13-15H2,(H,24,30)(H2,23,25,27,29). The molecule has 168 valence electrons. The van der Waals surface area contributed by atoms with Crippen LogP contribution in [0.3, 0.4) is 0 Å². The van der Waals surface area contributed by atoms with Crippen LogP contribution in [0, 0.1) is 5.92 Å². The quantitative estimate of drug-likeness (QED) is 0.621. The Kier molecular flexibility index (Phi) is 8.26. The summed E-state index contributed by atoms with van der Waals surface area (Å²) in [7, 11) is 0. The van der Waals surface area contributed by atoms with E-state index in [-0.39, 0.29) is 18.6 Å². The Hall–Kier alpha value is -3.10. The number of nitrogens with zero attached hydrogens (tertiary/aromatic N) is 1. The topological polar surface area (TPSA) is 117 Å². The number of anilines is 1. The molecule has 2 aliphatic rings. The van der Waals surface area contributed by atoms with Crippen LogP contribution in [0.4, 0.5) is 15.3 Å². The highest BCUT2D eigenvalue weighted by Crippen LogP contribution is 2.19. The molecular formula is C22H30N4O5. The normalized spacial score (nSPS) is 19.2. The van der Waals surface area contributed by atoms with E-state index >= 15 is 0 Å². The van der Waals surface area contributed by atoms with Crippen molar-refractivity contribution in [2.24, 2.45) is 5.92 Å². The van der Waals surface area contributed by atoms with Crippen LogP contribution < -0.4 is 16.0 Å². The number of piperidine rings is 1. The molecule has 1 aliphatic heterocycles. The maximum atomic E-state index is 12.4. The number of rotatable bonds is 5. The Labute approximate surface area is 181 Å². The lowest BCUT2D eigenvalue weighted by Crippen LogP contribution is -2.47. The van der Waals surface area contributed by atoms with Crippen molar-refractivity contribution < 1.29 is 23.9 Å². The maximum Gasteiger partial charge on any atom is 0.321 e. The van der Waals surface area contributed by atoms with Gasteiger partial charge >= 0.3 is 18.0 Å². The summed E-state index contributed by atoms with van der Waals surface area (Å²) in [5.41, 5.74) is 0.681. The third-order valence-electron chi connectivity index (χ3n) is 5.61. The second-order valence-corrected chi connectivity index (χ2v) is 8.05. The van der Waals surface area contributed by atoms with Crippen LogP contribution >= 0.6 is 0 Å². The van der Waals surface area contributed by atoms with Crippen molar-refractivity contribution in [2.45, 2.75) is 51.0 Å². The monoisotopic (exact) mass is 430 g/mol. The lowest BCUT2D eigenvalue weighted by Gasteiger charge is -2.31. The number of amides is 5. The SMILES string of the molecule is O=C(COC(=O)C1CCCN(C(=O)Nc2ccccc2)C1)NC(=O)NC1CCCCC1. The number of carbonyl (C=O) groups excluding carboxylic acids is 4. The molecule has 0 bridgehead atoms. The minimum Gasteiger partial charge on any atom is -0.455 e. The fourth-order valence-electron chi connectivity index (χ4n) is 3.96. The summed E-state index contributed by atoms with van der Waals surface area (Å²) in [6.45, 7) is 0.245. The average molecular weight is 431 g/mol. The molecule has 0 aromatic heterocycles. The van der Waals surface area contributed by atoms with Crippen LogP contribution in [-0.2, 0) is 14.3 Å². The number of esters is 1. The molecule has 1 heterocycles. The zero-order valence-electron chi connectivity index (χ0n) is 17.6. The van der Waals surface area contributed by atoms with E-state index in [9.17, 15) is 19.2 Å². The molecule has 31 heavy (non-hydrogen) atoms. The molecule has 0 radical (unpaired) electrons. The summed E-state index contributed by atoms with van der Waals surface area (Å²) in [5, 5.41) is 7.78. The van der Waals surface area contributed by atoms with Crippen molar-refractivity contribution >= 4 is 29.6 Å². The predicted molar refractivity (Wildman–Crippen MR) is 114 cm³/mol. The number of hydrogen-bond acceptors (Lipinski definition) is 5. The number of likely N-dealkylation sites (tertiary alicyclic amines) is 1. The van der Waals surface area contributed by atoms with E-state index in [4.69, 9.17) is 4.74 Å². The van der Waals surface area contributed by atoms with Crippen LogP contribution in [0.25, 0.3) is 0 Å². The molecular weight excluding hydrogens is 400 g/mol.